The van der Waals surface area contributed by atoms with Gasteiger partial charge in [-0.3, -0.25) is 14.8 Å². The molecule has 8 N–H and O–H groups in total. The number of aromatic nitrogens is 6. The standard InChI is InChI=1S/C22H32N2O3.C22H28N2O3.C20H29N3O2/c2*1-5-27-21(26)20-16(8-6-7-11-25)19-18(24-20)13-14-12-15(22(2,3)4)9-10-17(14)23-19;1-20(2,3)13-7-8-15-12(10-13)11-16-17(22-15)14(6-4-5-9-24)18(23-16)19(21)25/h13,15,24-25H,5-12H2,1-4H3;13,15,24-25H,5,7,9-12H2,1-4H3;11,13,23-24H,4-10H2,1-3H3,(H2,21,25). The quantitative estimate of drug-likeness (QED) is 0.0307. The van der Waals surface area contributed by atoms with Crippen molar-refractivity contribution < 1.29 is 39.2 Å². The molecule has 15 nitrogen and oxygen atoms in total. The van der Waals surface area contributed by atoms with Crippen LogP contribution in [0.3, 0.4) is 0 Å². The highest BCUT2D eigenvalue weighted by atomic mass is 16.5. The first kappa shape index (κ1) is 60.6. The smallest absolute Gasteiger partial charge is 0.356 e. The first-order valence-corrected chi connectivity index (χ1v) is 29.1. The van der Waals surface area contributed by atoms with Crippen molar-refractivity contribution in [1.82, 2.24) is 29.9 Å². The Morgan fingerprint density at radius 2 is 0.949 bits per heavy atom. The Balaban J connectivity index is 0.000000172. The van der Waals surface area contributed by atoms with Crippen LogP contribution < -0.4 is 5.73 Å². The second kappa shape index (κ2) is 26.0. The molecular weight excluding hydrogens is 995 g/mol. The number of carbonyl (C=O) groups is 3. The van der Waals surface area contributed by atoms with Crippen molar-refractivity contribution in [1.29, 1.82) is 0 Å². The third-order valence-corrected chi connectivity index (χ3v) is 16.6. The van der Waals surface area contributed by atoms with Crippen molar-refractivity contribution in [3.05, 3.63) is 85.7 Å². The summed E-state index contributed by atoms with van der Waals surface area (Å²) in [5.41, 5.74) is 22.5. The molecule has 3 aliphatic rings. The number of aryl methyl sites for hydroxylation is 5. The number of esters is 2. The number of nitrogens with one attached hydrogen (secondary N) is 3. The number of aliphatic hydroxyl groups excluding tert-OH is 3. The van der Waals surface area contributed by atoms with Crippen LogP contribution in [-0.4, -0.2) is 96.1 Å². The minimum atomic E-state index is -0.442. The zero-order valence-electron chi connectivity index (χ0n) is 49.1. The molecule has 9 rings (SSSR count). The van der Waals surface area contributed by atoms with E-state index in [9.17, 15) is 14.4 Å². The molecule has 0 spiro atoms. The van der Waals surface area contributed by atoms with E-state index in [0.29, 0.717) is 85.7 Å². The van der Waals surface area contributed by atoms with Gasteiger partial charge in [-0.05, 0) is 179 Å². The molecule has 6 aromatic heterocycles. The van der Waals surface area contributed by atoms with Gasteiger partial charge in [0.15, 0.2) is 0 Å². The van der Waals surface area contributed by atoms with Crippen LogP contribution in [0, 0.1) is 45.8 Å². The fourth-order valence-corrected chi connectivity index (χ4v) is 11.7. The van der Waals surface area contributed by atoms with Gasteiger partial charge in [-0.25, -0.2) is 14.6 Å². The second-order valence-electron chi connectivity index (χ2n) is 25.2. The highest BCUT2D eigenvalue weighted by Crippen LogP contribution is 2.41. The second-order valence-corrected chi connectivity index (χ2v) is 25.2. The molecule has 0 fully saturated rings. The molecule has 6 heterocycles. The Labute approximate surface area is 467 Å². The largest absolute Gasteiger partial charge is 0.461 e. The molecule has 428 valence electrons. The molecule has 3 atom stereocenters. The lowest BCUT2D eigenvalue weighted by molar-refractivity contribution is 0.0510. The summed E-state index contributed by atoms with van der Waals surface area (Å²) >= 11 is 0. The van der Waals surface area contributed by atoms with E-state index in [0.717, 1.165) is 126 Å². The molecule has 0 saturated carbocycles. The number of aliphatic hydroxyl groups is 3. The predicted molar refractivity (Wildman–Crippen MR) is 312 cm³/mol. The molecule has 0 saturated heterocycles. The number of amides is 1. The zero-order valence-corrected chi connectivity index (χ0v) is 49.1. The summed E-state index contributed by atoms with van der Waals surface area (Å²) in [5, 5.41) is 27.1. The fourth-order valence-electron chi connectivity index (χ4n) is 11.7. The lowest BCUT2D eigenvalue weighted by Crippen LogP contribution is -2.27. The average molecular weight is 1080 g/mol. The summed E-state index contributed by atoms with van der Waals surface area (Å²) in [7, 11) is 0. The lowest BCUT2D eigenvalue weighted by Gasteiger charge is -2.34. The van der Waals surface area contributed by atoms with Gasteiger partial charge < -0.3 is 45.5 Å². The molecule has 15 heteroatoms. The summed E-state index contributed by atoms with van der Waals surface area (Å²) in [6.45, 7) is 25.2. The molecule has 79 heavy (non-hydrogen) atoms. The minimum Gasteiger partial charge on any atom is -0.461 e. The number of ether oxygens (including phenoxy) is 2. The maximum atomic E-state index is 12.4. The number of carbonyl (C=O) groups excluding carboxylic acids is 3. The van der Waals surface area contributed by atoms with Gasteiger partial charge in [0.25, 0.3) is 5.91 Å². The molecule has 0 aliphatic heterocycles. The van der Waals surface area contributed by atoms with E-state index >= 15 is 0 Å². The number of pyridine rings is 3. The van der Waals surface area contributed by atoms with Crippen molar-refractivity contribution >= 4 is 50.9 Å². The Bertz CT molecular complexity index is 3180. The van der Waals surface area contributed by atoms with Gasteiger partial charge in [-0.15, -0.1) is 0 Å². The number of rotatable bonds is 14. The summed E-state index contributed by atoms with van der Waals surface area (Å²) < 4.78 is 10.4. The third kappa shape index (κ3) is 14.5. The summed E-state index contributed by atoms with van der Waals surface area (Å²) in [5.74, 6) is 6.65. The minimum absolute atomic E-state index is 0.0128. The van der Waals surface area contributed by atoms with Crippen LogP contribution in [0.2, 0.25) is 0 Å². The first-order valence-electron chi connectivity index (χ1n) is 29.1. The van der Waals surface area contributed by atoms with Gasteiger partial charge in [0, 0.05) is 47.8 Å². The van der Waals surface area contributed by atoms with Crippen LogP contribution in [-0.2, 0) is 60.8 Å². The monoisotopic (exact) mass is 1080 g/mol. The number of H-pyrrole nitrogens is 3. The van der Waals surface area contributed by atoms with Crippen LogP contribution in [0.4, 0.5) is 0 Å². The lowest BCUT2D eigenvalue weighted by atomic mass is 9.71. The first-order chi connectivity index (χ1) is 37.5. The topological polar surface area (TPSA) is 242 Å². The number of fused-ring (bicyclic) bond motifs is 6. The Morgan fingerprint density at radius 3 is 1.34 bits per heavy atom. The Kier molecular flexibility index (Phi) is 19.9. The zero-order chi connectivity index (χ0) is 57.4. The van der Waals surface area contributed by atoms with Gasteiger partial charge >= 0.3 is 11.9 Å². The number of aromatic amines is 3. The van der Waals surface area contributed by atoms with Gasteiger partial charge in [0.2, 0.25) is 0 Å². The molecule has 0 bridgehead atoms. The van der Waals surface area contributed by atoms with E-state index in [-0.39, 0.29) is 42.0 Å². The number of hydrogen-bond acceptors (Lipinski definition) is 11. The summed E-state index contributed by atoms with van der Waals surface area (Å²) in [4.78, 5) is 61.1. The predicted octanol–water partition coefficient (Wildman–Crippen LogP) is 11.0. The van der Waals surface area contributed by atoms with Gasteiger partial charge in [-0.1, -0.05) is 74.2 Å². The van der Waals surface area contributed by atoms with Crippen molar-refractivity contribution in [3.63, 3.8) is 0 Å². The van der Waals surface area contributed by atoms with Crippen LogP contribution in [0.15, 0.2) is 18.2 Å². The number of hydrogen-bond donors (Lipinski definition) is 7. The maximum absolute atomic E-state index is 12.4. The molecular formula is C64H89N7O8. The number of nitrogens with zero attached hydrogens (tertiary/aromatic N) is 3. The number of nitrogens with two attached hydrogens (primary N) is 1. The molecule has 0 aromatic carbocycles. The molecule has 6 aromatic rings. The highest BCUT2D eigenvalue weighted by molar-refractivity contribution is 6.00. The van der Waals surface area contributed by atoms with Gasteiger partial charge in [-0.2, -0.15) is 0 Å². The maximum Gasteiger partial charge on any atom is 0.356 e. The van der Waals surface area contributed by atoms with E-state index < -0.39 is 11.9 Å². The summed E-state index contributed by atoms with van der Waals surface area (Å²) in [6.07, 6.45) is 14.3. The normalized spacial score (nSPS) is 17.1. The van der Waals surface area contributed by atoms with Gasteiger partial charge in [0.05, 0.1) is 53.0 Å². The third-order valence-electron chi connectivity index (χ3n) is 16.6. The summed E-state index contributed by atoms with van der Waals surface area (Å²) in [6, 6.07) is 6.47. The molecule has 3 aliphatic carbocycles. The van der Waals surface area contributed by atoms with Gasteiger partial charge in [0.1, 0.15) is 22.6 Å². The Morgan fingerprint density at radius 1 is 0.570 bits per heavy atom. The van der Waals surface area contributed by atoms with Crippen LogP contribution in [0.25, 0.3) is 33.1 Å². The van der Waals surface area contributed by atoms with Crippen LogP contribution in [0.5, 0.6) is 0 Å². The van der Waals surface area contributed by atoms with Crippen molar-refractivity contribution in [2.24, 2.45) is 39.7 Å². The highest BCUT2D eigenvalue weighted by Gasteiger charge is 2.34. The van der Waals surface area contributed by atoms with E-state index in [1.807, 2.05) is 6.92 Å². The van der Waals surface area contributed by atoms with Crippen LogP contribution in [0.1, 0.15) is 209 Å². The van der Waals surface area contributed by atoms with Crippen LogP contribution >= 0.6 is 0 Å². The van der Waals surface area contributed by atoms with E-state index in [4.69, 9.17) is 45.5 Å². The van der Waals surface area contributed by atoms with E-state index in [1.54, 1.807) is 6.92 Å². The van der Waals surface area contributed by atoms with E-state index in [2.05, 4.69) is 107 Å². The number of primary amides is 1. The molecule has 3 unspecified atom stereocenters. The van der Waals surface area contributed by atoms with E-state index in [1.165, 1.54) is 22.4 Å². The fraction of sp³-hybridized carbons (Fsp3) is 0.594. The average Bonchev–Trinajstić information content (AvgIpc) is 4.30. The number of unbranched alkanes of at least 4 members (excludes halogenated alkanes) is 2. The Hall–Kier alpha value is -6.08. The molecule has 1 amide bonds. The van der Waals surface area contributed by atoms with Crippen molar-refractivity contribution in [2.45, 2.75) is 179 Å². The SMILES string of the molecule is CC(C)(C)C1CCc2nc3c(CCCCO)c(C(N)=O)[nH]c3cc2C1.CCOC(=O)c1[nH]c2cc3c(nc2c1C#CCCO)CCC(C(C)(C)C)C3.CCOC(=O)c1[nH]c2cc3c(nc2c1CCCCO)CCC(C(C)(C)C)C3. The van der Waals surface area contributed by atoms with Crippen molar-refractivity contribution in [3.8, 4) is 11.8 Å². The van der Waals surface area contributed by atoms with Crippen molar-refractivity contribution in [2.75, 3.05) is 33.0 Å². The molecule has 0 radical (unpaired) electrons.